The van der Waals surface area contributed by atoms with Crippen molar-refractivity contribution in [2.24, 2.45) is 0 Å². The second kappa shape index (κ2) is 7.33. The van der Waals surface area contributed by atoms with E-state index in [1.807, 2.05) is 13.0 Å². The molecule has 2 heterocycles. The molecule has 3 aromatic rings. The molecule has 0 spiro atoms. The highest BCUT2D eigenvalue weighted by molar-refractivity contribution is 6.33. The molecule has 29 heavy (non-hydrogen) atoms. The third-order valence-corrected chi connectivity index (χ3v) is 5.15. The van der Waals surface area contributed by atoms with Crippen LogP contribution in [0.5, 0.6) is 0 Å². The fourth-order valence-electron chi connectivity index (χ4n) is 3.44. The van der Waals surface area contributed by atoms with Crippen LogP contribution in [0.3, 0.4) is 0 Å². The molecule has 0 fully saturated rings. The number of rotatable bonds is 4. The second-order valence-electron chi connectivity index (χ2n) is 7.00. The number of aromatic nitrogens is 2. The van der Waals surface area contributed by atoms with Crippen LogP contribution in [0.15, 0.2) is 42.5 Å². The Hall–Kier alpha value is -3.19. The van der Waals surface area contributed by atoms with Gasteiger partial charge in [0.25, 0.3) is 5.91 Å². The average Bonchev–Trinajstić information content (AvgIpc) is 3.13. The summed E-state index contributed by atoms with van der Waals surface area (Å²) >= 11 is 6.16. The zero-order chi connectivity index (χ0) is 20.7. The van der Waals surface area contributed by atoms with Gasteiger partial charge in [-0.2, -0.15) is 5.10 Å². The van der Waals surface area contributed by atoms with E-state index in [0.29, 0.717) is 27.8 Å². The molecule has 2 amide bonds. The van der Waals surface area contributed by atoms with Crippen molar-refractivity contribution < 1.29 is 14.0 Å². The van der Waals surface area contributed by atoms with Gasteiger partial charge in [-0.3, -0.25) is 9.59 Å². The summed E-state index contributed by atoms with van der Waals surface area (Å²) in [5.41, 5.74) is 3.60. The van der Waals surface area contributed by atoms with Crippen LogP contribution in [0.1, 0.15) is 23.7 Å². The van der Waals surface area contributed by atoms with E-state index in [-0.39, 0.29) is 24.1 Å². The molecule has 2 aromatic carbocycles. The lowest BCUT2D eigenvalue weighted by molar-refractivity contribution is -0.123. The van der Waals surface area contributed by atoms with E-state index in [9.17, 15) is 14.0 Å². The number of nitrogens with zero attached hydrogens (tertiary/aromatic N) is 2. The number of fused-ring (bicyclic) bond motifs is 1. The van der Waals surface area contributed by atoms with E-state index in [1.165, 1.54) is 16.8 Å². The summed E-state index contributed by atoms with van der Waals surface area (Å²) in [7, 11) is 0. The Morgan fingerprint density at radius 2 is 1.97 bits per heavy atom. The van der Waals surface area contributed by atoms with Gasteiger partial charge in [-0.1, -0.05) is 29.8 Å². The first-order chi connectivity index (χ1) is 13.8. The van der Waals surface area contributed by atoms with Gasteiger partial charge in [0.1, 0.15) is 17.7 Å². The quantitative estimate of drug-likeness (QED) is 0.663. The molecule has 1 atom stereocenters. The highest BCUT2D eigenvalue weighted by Crippen LogP contribution is 2.38. The van der Waals surface area contributed by atoms with E-state index >= 15 is 0 Å². The molecule has 0 radical (unpaired) electrons. The molecule has 4 rings (SSSR count). The zero-order valence-corrected chi connectivity index (χ0v) is 16.5. The summed E-state index contributed by atoms with van der Waals surface area (Å²) in [6, 6.07) is 10.5. The highest BCUT2D eigenvalue weighted by Gasteiger charge is 2.36. The third-order valence-electron chi connectivity index (χ3n) is 4.84. The number of hydrogen-bond donors (Lipinski definition) is 2. The summed E-state index contributed by atoms with van der Waals surface area (Å²) < 4.78 is 14.8. The smallest absolute Gasteiger partial charge is 0.251 e. The normalized spacial score (nSPS) is 15.2. The zero-order valence-electron chi connectivity index (χ0n) is 15.8. The third kappa shape index (κ3) is 3.61. The second-order valence-corrected chi connectivity index (χ2v) is 7.41. The van der Waals surface area contributed by atoms with Gasteiger partial charge in [-0.15, -0.1) is 0 Å². The number of benzene rings is 2. The molecule has 148 valence electrons. The number of amides is 2. The van der Waals surface area contributed by atoms with Crippen molar-refractivity contribution in [3.8, 4) is 11.1 Å². The number of nitrogens with one attached hydrogen (secondary N) is 2. The van der Waals surface area contributed by atoms with Crippen molar-refractivity contribution in [3.05, 3.63) is 64.6 Å². The lowest BCUT2D eigenvalue weighted by Crippen LogP contribution is -2.24. The van der Waals surface area contributed by atoms with Crippen LogP contribution in [0, 0.1) is 19.7 Å². The maximum absolute atomic E-state index is 13.3. The van der Waals surface area contributed by atoms with Crippen LogP contribution in [0.25, 0.3) is 11.1 Å². The fraction of sp³-hybridized carbons (Fsp3) is 0.190. The molecule has 0 saturated carbocycles. The van der Waals surface area contributed by atoms with Crippen molar-refractivity contribution in [1.29, 1.82) is 0 Å². The van der Waals surface area contributed by atoms with Crippen LogP contribution in [0.2, 0.25) is 5.02 Å². The molecule has 0 saturated heterocycles. The molecule has 1 unspecified atom stereocenters. The molecule has 0 bridgehead atoms. The topological polar surface area (TPSA) is 76.0 Å². The summed E-state index contributed by atoms with van der Waals surface area (Å²) in [6.07, 6.45) is -0.0903. The van der Waals surface area contributed by atoms with E-state index in [4.69, 9.17) is 11.6 Å². The Morgan fingerprint density at radius 1 is 1.24 bits per heavy atom. The summed E-state index contributed by atoms with van der Waals surface area (Å²) in [5.74, 6) is -0.505. The van der Waals surface area contributed by atoms with Gasteiger partial charge >= 0.3 is 0 Å². The van der Waals surface area contributed by atoms with Crippen LogP contribution in [-0.4, -0.2) is 21.6 Å². The first-order valence-electron chi connectivity index (χ1n) is 9.05. The molecule has 0 aliphatic carbocycles. The monoisotopic (exact) mass is 412 g/mol. The average molecular weight is 413 g/mol. The Kier molecular flexibility index (Phi) is 4.84. The van der Waals surface area contributed by atoms with Gasteiger partial charge in [-0.05, 0) is 49.2 Å². The lowest BCUT2D eigenvalue weighted by atomic mass is 10.1. The summed E-state index contributed by atoms with van der Waals surface area (Å²) in [4.78, 5) is 25.0. The van der Waals surface area contributed by atoms with Gasteiger partial charge in [-0.25, -0.2) is 9.07 Å². The molecule has 1 aromatic heterocycles. The molecule has 8 heteroatoms. The minimum atomic E-state index is -0.776. The van der Waals surface area contributed by atoms with E-state index in [1.54, 1.807) is 31.2 Å². The highest BCUT2D eigenvalue weighted by atomic mass is 35.5. The fourth-order valence-corrected chi connectivity index (χ4v) is 3.73. The molecule has 6 nitrogen and oxygen atoms in total. The Labute approximate surface area is 171 Å². The minimum absolute atomic E-state index is 0.0903. The first kappa shape index (κ1) is 19.1. The van der Waals surface area contributed by atoms with Crippen LogP contribution < -0.4 is 10.6 Å². The van der Waals surface area contributed by atoms with Crippen LogP contribution >= 0.6 is 11.6 Å². The van der Waals surface area contributed by atoms with Crippen molar-refractivity contribution in [2.45, 2.75) is 26.3 Å². The molecule has 1 aliphatic rings. The van der Waals surface area contributed by atoms with Crippen molar-refractivity contribution >= 4 is 34.9 Å². The van der Waals surface area contributed by atoms with Crippen LogP contribution in [0.4, 0.5) is 15.9 Å². The SMILES string of the molecule is Cc1ccc(NC(=O)CC2C(=O)Nc3c(-c4ccc(F)cc4)c(C)nn32)c(Cl)c1. The van der Waals surface area contributed by atoms with E-state index in [2.05, 4.69) is 15.7 Å². The predicted molar refractivity (Wildman–Crippen MR) is 109 cm³/mol. The number of carbonyl (C=O) groups is 2. The molecular formula is C21H18ClFN4O2. The van der Waals surface area contributed by atoms with Gasteiger partial charge in [0, 0.05) is 5.56 Å². The Balaban J connectivity index is 1.58. The Bertz CT molecular complexity index is 1120. The summed E-state index contributed by atoms with van der Waals surface area (Å²) in [6.45, 7) is 3.71. The van der Waals surface area contributed by atoms with E-state index < -0.39 is 6.04 Å². The van der Waals surface area contributed by atoms with Gasteiger partial charge in [0.15, 0.2) is 0 Å². The number of hydrogen-bond acceptors (Lipinski definition) is 3. The number of anilines is 2. The van der Waals surface area contributed by atoms with E-state index in [0.717, 1.165) is 11.1 Å². The number of halogens is 2. The van der Waals surface area contributed by atoms with Crippen LogP contribution in [-0.2, 0) is 9.59 Å². The van der Waals surface area contributed by atoms with Crippen molar-refractivity contribution in [2.75, 3.05) is 10.6 Å². The first-order valence-corrected chi connectivity index (χ1v) is 9.43. The van der Waals surface area contributed by atoms with Gasteiger partial charge in [0.05, 0.1) is 22.8 Å². The summed E-state index contributed by atoms with van der Waals surface area (Å²) in [5, 5.41) is 10.4. The lowest BCUT2D eigenvalue weighted by Gasteiger charge is -2.11. The molecule has 2 N–H and O–H groups in total. The van der Waals surface area contributed by atoms with Gasteiger partial charge in [0.2, 0.25) is 5.91 Å². The molecule has 1 aliphatic heterocycles. The standard InChI is InChI=1S/C21H18ClFN4O2/c1-11-3-8-16(15(22)9-11)24-18(28)10-17-21(29)25-20-19(12(2)26-27(17)20)13-4-6-14(23)7-5-13/h3-9,17H,10H2,1-2H3,(H,24,28)(H,25,29). The number of aryl methyl sites for hydroxylation is 2. The van der Waals surface area contributed by atoms with Crippen molar-refractivity contribution in [1.82, 2.24) is 9.78 Å². The maximum atomic E-state index is 13.3. The number of carbonyl (C=O) groups excluding carboxylic acids is 2. The van der Waals surface area contributed by atoms with Gasteiger partial charge < -0.3 is 10.6 Å². The minimum Gasteiger partial charge on any atom is -0.325 e. The molecular weight excluding hydrogens is 395 g/mol. The largest absolute Gasteiger partial charge is 0.325 e. The maximum Gasteiger partial charge on any atom is 0.251 e. The Morgan fingerprint density at radius 3 is 2.66 bits per heavy atom. The van der Waals surface area contributed by atoms with Crippen molar-refractivity contribution in [3.63, 3.8) is 0 Å². The predicted octanol–water partition coefficient (Wildman–Crippen LogP) is 4.48.